The highest BCUT2D eigenvalue weighted by molar-refractivity contribution is 8.13. The topological polar surface area (TPSA) is 71.9 Å². The average molecular weight is 368 g/mol. The summed E-state index contributed by atoms with van der Waals surface area (Å²) in [5, 5.41) is 7.19. The number of carbonyl (C=O) groups excluding carboxylic acids is 1. The fourth-order valence-electron chi connectivity index (χ4n) is 2.04. The number of amidine groups is 1. The lowest BCUT2D eigenvalue weighted by atomic mass is 10.2. The molecule has 0 atom stereocenters. The van der Waals surface area contributed by atoms with Gasteiger partial charge in [0, 0.05) is 6.54 Å². The van der Waals surface area contributed by atoms with Crippen LogP contribution in [0.5, 0.6) is 5.75 Å². The van der Waals surface area contributed by atoms with E-state index in [0.29, 0.717) is 40.7 Å². The third-order valence-electron chi connectivity index (χ3n) is 3.15. The van der Waals surface area contributed by atoms with Crippen molar-refractivity contribution in [3.63, 3.8) is 0 Å². The first-order valence-corrected chi connectivity index (χ1v) is 8.81. The Hall–Kier alpha value is -2.08. The van der Waals surface area contributed by atoms with Crippen LogP contribution in [0, 0.1) is 0 Å². The van der Waals surface area contributed by atoms with Crippen molar-refractivity contribution in [3.05, 3.63) is 46.1 Å². The lowest BCUT2D eigenvalue weighted by Gasteiger charge is -2.21. The molecule has 1 aliphatic heterocycles. The maximum absolute atomic E-state index is 11.2. The van der Waals surface area contributed by atoms with E-state index in [4.69, 9.17) is 21.1 Å². The maximum atomic E-state index is 11.2. The second-order valence-electron chi connectivity index (χ2n) is 4.66. The van der Waals surface area contributed by atoms with Crippen LogP contribution in [-0.2, 0) is 16.1 Å². The molecule has 0 amide bonds. The van der Waals surface area contributed by atoms with Crippen molar-refractivity contribution in [2.75, 3.05) is 20.0 Å². The number of rotatable bonds is 6. The van der Waals surface area contributed by atoms with E-state index in [2.05, 4.69) is 15.6 Å². The lowest BCUT2D eigenvalue weighted by molar-refractivity contribution is 0.228. The summed E-state index contributed by atoms with van der Waals surface area (Å²) in [6, 6.07) is 5.51. The minimum atomic E-state index is 0.228. The van der Waals surface area contributed by atoms with Gasteiger partial charge in [-0.25, -0.2) is 9.79 Å². The SMILES string of the molecule is CCOC1=C(NCc2ccc(OC)c(Cl)c2)N=C(SC)NC1=C=O. The molecule has 0 aliphatic carbocycles. The highest BCUT2D eigenvalue weighted by Crippen LogP contribution is 2.25. The number of halogens is 1. The molecule has 1 aromatic rings. The van der Waals surface area contributed by atoms with E-state index in [-0.39, 0.29) is 5.70 Å². The predicted molar refractivity (Wildman–Crippen MR) is 96.8 cm³/mol. The number of aliphatic imine (C=N–C) groups is 1. The van der Waals surface area contributed by atoms with Gasteiger partial charge in [0.2, 0.25) is 0 Å². The second kappa shape index (κ2) is 8.68. The van der Waals surface area contributed by atoms with E-state index in [1.807, 2.05) is 31.3 Å². The highest BCUT2D eigenvalue weighted by atomic mass is 35.5. The largest absolute Gasteiger partial charge is 0.495 e. The molecule has 0 spiro atoms. The van der Waals surface area contributed by atoms with Crippen LogP contribution in [0.3, 0.4) is 0 Å². The number of nitrogens with one attached hydrogen (secondary N) is 2. The molecule has 0 saturated heterocycles. The molecule has 0 radical (unpaired) electrons. The Balaban J connectivity index is 2.25. The number of hydrogen-bond donors (Lipinski definition) is 2. The molecule has 128 valence electrons. The van der Waals surface area contributed by atoms with E-state index in [1.54, 1.807) is 13.2 Å². The molecule has 0 aromatic heterocycles. The molecule has 1 aromatic carbocycles. The average Bonchev–Trinajstić information content (AvgIpc) is 2.60. The third-order valence-corrected chi connectivity index (χ3v) is 4.02. The first kappa shape index (κ1) is 18.3. The minimum Gasteiger partial charge on any atom is -0.495 e. The van der Waals surface area contributed by atoms with Gasteiger partial charge in [-0.2, -0.15) is 0 Å². The van der Waals surface area contributed by atoms with Crippen molar-refractivity contribution in [1.82, 2.24) is 10.6 Å². The summed E-state index contributed by atoms with van der Waals surface area (Å²) in [6.07, 6.45) is 1.86. The van der Waals surface area contributed by atoms with Crippen molar-refractivity contribution in [1.29, 1.82) is 0 Å². The summed E-state index contributed by atoms with van der Waals surface area (Å²) < 4.78 is 10.7. The van der Waals surface area contributed by atoms with Crippen LogP contribution in [0.15, 0.2) is 40.5 Å². The Labute approximate surface area is 150 Å². The zero-order chi connectivity index (χ0) is 17.5. The van der Waals surface area contributed by atoms with E-state index >= 15 is 0 Å². The molecule has 0 bridgehead atoms. The summed E-state index contributed by atoms with van der Waals surface area (Å²) in [7, 11) is 1.57. The number of ether oxygens (including phenoxy) is 2. The second-order valence-corrected chi connectivity index (χ2v) is 5.86. The fourth-order valence-corrected chi connectivity index (χ4v) is 2.71. The number of thioether (sulfide) groups is 1. The van der Waals surface area contributed by atoms with E-state index in [0.717, 1.165) is 5.56 Å². The van der Waals surface area contributed by atoms with Crippen molar-refractivity contribution < 1.29 is 14.3 Å². The summed E-state index contributed by atoms with van der Waals surface area (Å²) in [5.41, 5.74) is 1.17. The number of hydrogen-bond acceptors (Lipinski definition) is 7. The van der Waals surface area contributed by atoms with Crippen LogP contribution in [0.1, 0.15) is 12.5 Å². The number of benzene rings is 1. The standard InChI is InChI=1S/C16H18ClN3O3S/c1-4-23-14-12(9-21)19-16(24-3)20-15(14)18-8-10-5-6-13(22-2)11(17)7-10/h5-7,18H,4,8H2,1-3H3,(H,19,20). The van der Waals surface area contributed by atoms with Crippen molar-refractivity contribution in [2.24, 2.45) is 4.99 Å². The van der Waals surface area contributed by atoms with Crippen molar-refractivity contribution in [2.45, 2.75) is 13.5 Å². The molecule has 2 N–H and O–H groups in total. The molecule has 24 heavy (non-hydrogen) atoms. The van der Waals surface area contributed by atoms with E-state index < -0.39 is 0 Å². The maximum Gasteiger partial charge on any atom is 0.196 e. The van der Waals surface area contributed by atoms with E-state index in [1.165, 1.54) is 11.8 Å². The van der Waals surface area contributed by atoms with Gasteiger partial charge in [-0.1, -0.05) is 29.4 Å². The Kier molecular flexibility index (Phi) is 6.61. The molecule has 0 saturated carbocycles. The first-order valence-electron chi connectivity index (χ1n) is 7.21. The Morgan fingerprint density at radius 1 is 1.46 bits per heavy atom. The monoisotopic (exact) mass is 367 g/mol. The summed E-state index contributed by atoms with van der Waals surface area (Å²) in [4.78, 5) is 15.6. The molecular formula is C16H18ClN3O3S. The zero-order valence-electron chi connectivity index (χ0n) is 13.6. The zero-order valence-corrected chi connectivity index (χ0v) is 15.2. The van der Waals surface area contributed by atoms with Gasteiger partial charge in [-0.05, 0) is 30.9 Å². The van der Waals surface area contributed by atoms with Crippen LogP contribution >= 0.6 is 23.4 Å². The molecule has 6 nitrogen and oxygen atoms in total. The Morgan fingerprint density at radius 3 is 2.83 bits per heavy atom. The smallest absolute Gasteiger partial charge is 0.196 e. The van der Waals surface area contributed by atoms with Gasteiger partial charge >= 0.3 is 0 Å². The van der Waals surface area contributed by atoms with Gasteiger partial charge in [-0.15, -0.1) is 0 Å². The molecule has 1 heterocycles. The molecule has 2 rings (SSSR count). The van der Waals surface area contributed by atoms with Gasteiger partial charge in [0.15, 0.2) is 28.4 Å². The first-order chi connectivity index (χ1) is 11.6. The fraction of sp³-hybridized carbons (Fsp3) is 0.312. The quantitative estimate of drug-likeness (QED) is 0.753. The van der Waals surface area contributed by atoms with Crippen LogP contribution < -0.4 is 15.4 Å². The van der Waals surface area contributed by atoms with Gasteiger partial charge < -0.3 is 20.1 Å². The summed E-state index contributed by atoms with van der Waals surface area (Å²) >= 11 is 7.52. The van der Waals surface area contributed by atoms with Crippen molar-refractivity contribution in [3.8, 4) is 5.75 Å². The lowest BCUT2D eigenvalue weighted by Crippen LogP contribution is -2.30. The van der Waals surface area contributed by atoms with Crippen LogP contribution in [0.4, 0.5) is 0 Å². The Bertz CT molecular complexity index is 727. The minimum absolute atomic E-state index is 0.228. The normalized spacial score (nSPS) is 13.8. The van der Waals surface area contributed by atoms with E-state index in [9.17, 15) is 4.79 Å². The van der Waals surface area contributed by atoms with Gasteiger partial charge in [0.05, 0.1) is 18.7 Å². The molecule has 1 aliphatic rings. The number of methoxy groups -OCH3 is 1. The highest BCUT2D eigenvalue weighted by Gasteiger charge is 2.21. The van der Waals surface area contributed by atoms with Crippen LogP contribution in [0.2, 0.25) is 5.02 Å². The molecule has 0 fully saturated rings. The molecule has 0 unspecified atom stereocenters. The van der Waals surface area contributed by atoms with Gasteiger partial charge in [-0.3, -0.25) is 0 Å². The van der Waals surface area contributed by atoms with Crippen LogP contribution in [0.25, 0.3) is 0 Å². The predicted octanol–water partition coefficient (Wildman–Crippen LogP) is 2.68. The number of nitrogens with zero attached hydrogens (tertiary/aromatic N) is 1. The summed E-state index contributed by atoms with van der Waals surface area (Å²) in [6.45, 7) is 2.71. The Morgan fingerprint density at radius 2 is 2.25 bits per heavy atom. The third kappa shape index (κ3) is 4.26. The van der Waals surface area contributed by atoms with Gasteiger partial charge in [0.25, 0.3) is 0 Å². The summed E-state index contributed by atoms with van der Waals surface area (Å²) in [5.74, 6) is 3.30. The van der Waals surface area contributed by atoms with Gasteiger partial charge in [0.1, 0.15) is 5.75 Å². The molecular weight excluding hydrogens is 350 g/mol. The van der Waals surface area contributed by atoms with Crippen LogP contribution in [-0.4, -0.2) is 31.1 Å². The van der Waals surface area contributed by atoms with Crippen molar-refractivity contribution >= 4 is 34.5 Å². The molecule has 8 heteroatoms.